The van der Waals surface area contributed by atoms with E-state index in [1.807, 2.05) is 0 Å². The van der Waals surface area contributed by atoms with Crippen LogP contribution in [0.3, 0.4) is 0 Å². The molecule has 0 aromatic rings. The molecule has 0 aromatic carbocycles. The maximum Gasteiger partial charge on any atom is 0.161 e. The Bertz CT molecular complexity index is 456. The molecule has 3 nitrogen and oxygen atoms in total. The van der Waals surface area contributed by atoms with Crippen LogP contribution in [-0.4, -0.2) is 46.5 Å². The SMILES string of the molecule is CC(C)(C)N=P(Cl)(N([Si](C)(C)C)[Si](C)(C)C)N([Si](C)(C)C)[Si](C)(C)C. The van der Waals surface area contributed by atoms with E-state index in [-0.39, 0.29) is 5.54 Å². The lowest BCUT2D eigenvalue weighted by Crippen LogP contribution is -2.64. The molecule has 0 aliphatic heterocycles. The molecule has 0 unspecified atom stereocenters. The minimum atomic E-state index is -2.29. The average molecular weight is 458 g/mol. The van der Waals surface area contributed by atoms with Crippen molar-refractivity contribution in [3.63, 3.8) is 0 Å². The van der Waals surface area contributed by atoms with Gasteiger partial charge in [-0.05, 0) is 32.0 Å². The highest BCUT2D eigenvalue weighted by Crippen LogP contribution is 2.69. The van der Waals surface area contributed by atoms with Crippen LogP contribution < -0.4 is 0 Å². The first-order valence-corrected chi connectivity index (χ1v) is 25.7. The molecular formula is C16H45ClN3PSi4. The van der Waals surface area contributed by atoms with E-state index in [0.29, 0.717) is 0 Å². The van der Waals surface area contributed by atoms with Gasteiger partial charge < -0.3 is 0 Å². The second kappa shape index (κ2) is 7.62. The van der Waals surface area contributed by atoms with E-state index in [4.69, 9.17) is 16.0 Å². The van der Waals surface area contributed by atoms with Crippen molar-refractivity contribution in [2.45, 2.75) is 105 Å². The Morgan fingerprint density at radius 2 is 0.800 bits per heavy atom. The van der Waals surface area contributed by atoms with Gasteiger partial charge in [0.05, 0.1) is 5.54 Å². The maximum absolute atomic E-state index is 7.83. The fraction of sp³-hybridized carbons (Fsp3) is 1.00. The van der Waals surface area contributed by atoms with E-state index in [2.05, 4.69) is 107 Å². The molecule has 0 aromatic heterocycles. The molecule has 0 aliphatic rings. The molecule has 152 valence electrons. The highest BCUT2D eigenvalue weighted by molar-refractivity contribution is 7.92. The predicted octanol–water partition coefficient (Wildman–Crippen LogP) is 7.91. The van der Waals surface area contributed by atoms with E-state index >= 15 is 0 Å². The predicted molar refractivity (Wildman–Crippen MR) is 132 cm³/mol. The number of nitrogens with zero attached hydrogens (tertiary/aromatic N) is 3. The van der Waals surface area contributed by atoms with Gasteiger partial charge in [0.25, 0.3) is 0 Å². The fourth-order valence-electron chi connectivity index (χ4n) is 4.10. The number of halogens is 1. The lowest BCUT2D eigenvalue weighted by Gasteiger charge is -2.58. The Morgan fingerprint density at radius 1 is 0.600 bits per heavy atom. The van der Waals surface area contributed by atoms with Crippen LogP contribution >= 0.6 is 17.9 Å². The van der Waals surface area contributed by atoms with Crippen LogP contribution in [0.1, 0.15) is 20.8 Å². The van der Waals surface area contributed by atoms with Crippen LogP contribution in [-0.2, 0) is 0 Å². The molecule has 0 aliphatic carbocycles. The summed E-state index contributed by atoms with van der Waals surface area (Å²) in [6.07, 6.45) is 0. The molecule has 0 bridgehead atoms. The first kappa shape index (κ1) is 26.3. The summed E-state index contributed by atoms with van der Waals surface area (Å²) in [6.45, 7) is 33.8. The first-order chi connectivity index (χ1) is 10.4. The molecule has 0 N–H and O–H groups in total. The number of hydrogen-bond acceptors (Lipinski definition) is 1. The van der Waals surface area contributed by atoms with Gasteiger partial charge in [0.15, 0.2) is 6.71 Å². The molecule has 0 radical (unpaired) electrons. The van der Waals surface area contributed by atoms with Crippen LogP contribution in [0, 0.1) is 0 Å². The highest BCUT2D eigenvalue weighted by Gasteiger charge is 2.53. The standard InChI is InChI=1S/C16H45ClN3PSi4/c1-16(2,3)18-21(17,19(22(4,5)6)23(7,8)9)20(24(10,11)12)25(13,14)15/h1-15H3. The summed E-state index contributed by atoms with van der Waals surface area (Å²) in [5.74, 6) is 0. The second-order valence-corrected chi connectivity index (χ2v) is 37.0. The Kier molecular flexibility index (Phi) is 8.02. The lowest BCUT2D eigenvalue weighted by molar-refractivity contribution is 0.583. The van der Waals surface area contributed by atoms with Crippen LogP contribution in [0.25, 0.3) is 0 Å². The minimum absolute atomic E-state index is 0.134. The largest absolute Gasteiger partial charge is 0.290 e. The third-order valence-corrected chi connectivity index (χ3v) is 31.7. The molecule has 0 saturated carbocycles. The zero-order valence-electron chi connectivity index (χ0n) is 19.7. The molecule has 9 heteroatoms. The third kappa shape index (κ3) is 7.33. The monoisotopic (exact) mass is 457 g/mol. The van der Waals surface area contributed by atoms with Gasteiger partial charge in [0, 0.05) is 0 Å². The molecular weight excluding hydrogens is 413 g/mol. The first-order valence-electron chi connectivity index (χ1n) is 9.39. The van der Waals surface area contributed by atoms with Crippen molar-refractivity contribution in [2.24, 2.45) is 4.74 Å². The van der Waals surface area contributed by atoms with Crippen molar-refractivity contribution in [2.75, 3.05) is 0 Å². The maximum atomic E-state index is 7.83. The van der Waals surface area contributed by atoms with Gasteiger partial charge in [-0.1, -0.05) is 78.6 Å². The zero-order valence-corrected chi connectivity index (χ0v) is 25.3. The summed E-state index contributed by atoms with van der Waals surface area (Å²) in [5.41, 5.74) is -0.134. The molecule has 0 amide bonds. The second-order valence-electron chi connectivity index (χ2n) is 12.1. The van der Waals surface area contributed by atoms with Gasteiger partial charge in [-0.25, -0.2) is 0 Å². The molecule has 0 fully saturated rings. The number of rotatable bonds is 6. The summed E-state index contributed by atoms with van der Waals surface area (Å²) in [5, 5.41) is 0. The van der Waals surface area contributed by atoms with Gasteiger partial charge in [-0.2, -0.15) is 0 Å². The van der Waals surface area contributed by atoms with Crippen molar-refractivity contribution < 1.29 is 0 Å². The van der Waals surface area contributed by atoms with Crippen molar-refractivity contribution in [1.82, 2.24) is 8.00 Å². The summed E-state index contributed by atoms with van der Waals surface area (Å²) in [4.78, 5) is 0. The molecule has 0 rings (SSSR count). The lowest BCUT2D eigenvalue weighted by atomic mass is 10.1. The minimum Gasteiger partial charge on any atom is -0.290 e. The summed E-state index contributed by atoms with van der Waals surface area (Å²) in [7, 11) is -6.62. The van der Waals surface area contributed by atoms with Crippen molar-refractivity contribution in [1.29, 1.82) is 0 Å². The Labute approximate surface area is 168 Å². The molecule has 25 heavy (non-hydrogen) atoms. The summed E-state index contributed by atoms with van der Waals surface area (Å²) >= 11 is 7.83. The third-order valence-electron chi connectivity index (χ3n) is 3.48. The van der Waals surface area contributed by atoms with E-state index in [1.54, 1.807) is 0 Å². The topological polar surface area (TPSA) is 18.8 Å². The zero-order chi connectivity index (χ0) is 20.9. The van der Waals surface area contributed by atoms with Gasteiger partial charge in [0.2, 0.25) is 0 Å². The van der Waals surface area contributed by atoms with Crippen LogP contribution in [0.2, 0.25) is 78.6 Å². The van der Waals surface area contributed by atoms with Crippen LogP contribution in [0.15, 0.2) is 4.74 Å². The van der Waals surface area contributed by atoms with Gasteiger partial charge in [-0.15, -0.1) is 0 Å². The quantitative estimate of drug-likeness (QED) is 0.298. The van der Waals surface area contributed by atoms with Gasteiger partial charge in [0.1, 0.15) is 32.9 Å². The molecule has 0 atom stereocenters. The smallest absolute Gasteiger partial charge is 0.161 e. The Balaban J connectivity index is 7.17. The Hall–Kier alpha value is 1.31. The molecule has 0 saturated heterocycles. The van der Waals surface area contributed by atoms with E-state index in [0.717, 1.165) is 0 Å². The summed E-state index contributed by atoms with van der Waals surface area (Å²) < 4.78 is 11.1. The van der Waals surface area contributed by atoms with E-state index in [1.165, 1.54) is 0 Å². The van der Waals surface area contributed by atoms with Crippen LogP contribution in [0.4, 0.5) is 0 Å². The van der Waals surface area contributed by atoms with Crippen LogP contribution in [0.5, 0.6) is 0 Å². The fourth-order valence-corrected chi connectivity index (χ4v) is 45.1. The van der Waals surface area contributed by atoms with Gasteiger partial charge >= 0.3 is 0 Å². The van der Waals surface area contributed by atoms with Crippen molar-refractivity contribution in [3.8, 4) is 0 Å². The van der Waals surface area contributed by atoms with E-state index in [9.17, 15) is 0 Å². The Morgan fingerprint density at radius 3 is 0.920 bits per heavy atom. The van der Waals surface area contributed by atoms with Gasteiger partial charge in [-0.3, -0.25) is 12.7 Å². The van der Waals surface area contributed by atoms with E-state index < -0.39 is 39.7 Å². The normalized spacial score (nSPS) is 15.9. The number of hydrogen-bond donors (Lipinski definition) is 0. The van der Waals surface area contributed by atoms with Crippen molar-refractivity contribution in [3.05, 3.63) is 0 Å². The summed E-state index contributed by atoms with van der Waals surface area (Å²) in [6, 6.07) is 0. The highest BCUT2D eigenvalue weighted by atomic mass is 35.7. The molecule has 0 heterocycles. The average Bonchev–Trinajstić information content (AvgIpc) is 1.98. The molecule has 0 spiro atoms. The van der Waals surface area contributed by atoms with Crippen molar-refractivity contribution >= 4 is 50.9 Å².